The molecule has 0 unspecified atom stereocenters. The van der Waals surface area contributed by atoms with Gasteiger partial charge in [0.2, 0.25) is 11.8 Å². The van der Waals surface area contributed by atoms with Crippen LogP contribution in [-0.4, -0.2) is 77.0 Å². The van der Waals surface area contributed by atoms with E-state index >= 15 is 0 Å². The molecule has 3 amide bonds. The summed E-state index contributed by atoms with van der Waals surface area (Å²) < 4.78 is 0. The summed E-state index contributed by atoms with van der Waals surface area (Å²) >= 11 is 0. The minimum absolute atomic E-state index is 0.0854. The number of rotatable bonds is 5. The number of nitrogens with one attached hydrogen (secondary N) is 2. The first-order chi connectivity index (χ1) is 16.1. The number of amides is 3. The minimum Gasteiger partial charge on any atom is -0.335 e. The summed E-state index contributed by atoms with van der Waals surface area (Å²) in [5, 5.41) is 10.9. The second-order valence-corrected chi connectivity index (χ2v) is 8.40. The average molecular weight is 447 g/mol. The number of nitrogens with zero attached hydrogens (tertiary/aromatic N) is 4. The number of para-hydroxylation sites is 3. The highest BCUT2D eigenvalue weighted by Crippen LogP contribution is 2.29. The molecule has 2 fully saturated rings. The summed E-state index contributed by atoms with van der Waals surface area (Å²) in [5.74, 6) is -0.143. The van der Waals surface area contributed by atoms with Crippen molar-refractivity contribution >= 4 is 40.0 Å². The number of fused-ring (bicyclic) bond motifs is 1. The van der Waals surface area contributed by atoms with E-state index < -0.39 is 0 Å². The molecular formula is C24H26N6O3. The predicted molar refractivity (Wildman–Crippen MR) is 125 cm³/mol. The number of hydrogen-bond acceptors (Lipinski definition) is 5. The van der Waals surface area contributed by atoms with E-state index in [2.05, 4.69) is 15.5 Å². The largest absolute Gasteiger partial charge is 0.335 e. The molecule has 0 spiro atoms. The molecule has 33 heavy (non-hydrogen) atoms. The first-order valence-corrected chi connectivity index (χ1v) is 11.2. The number of aromatic amines is 1. The molecular weight excluding hydrogens is 420 g/mol. The van der Waals surface area contributed by atoms with Crippen molar-refractivity contribution in [2.24, 2.45) is 0 Å². The zero-order valence-corrected chi connectivity index (χ0v) is 18.3. The SMILES string of the molecule is O=C(CN1CCN(C(=O)c2n[nH]c3ccccc23)CC1)Nc1ccccc1N1CCCC1=O. The van der Waals surface area contributed by atoms with Gasteiger partial charge in [-0.3, -0.25) is 24.4 Å². The van der Waals surface area contributed by atoms with E-state index in [9.17, 15) is 14.4 Å². The Morgan fingerprint density at radius 3 is 2.52 bits per heavy atom. The van der Waals surface area contributed by atoms with Gasteiger partial charge in [0.05, 0.1) is 23.4 Å². The van der Waals surface area contributed by atoms with Crippen molar-refractivity contribution in [1.29, 1.82) is 0 Å². The van der Waals surface area contributed by atoms with Crippen LogP contribution in [0.25, 0.3) is 10.9 Å². The molecule has 2 saturated heterocycles. The van der Waals surface area contributed by atoms with Crippen LogP contribution in [0.15, 0.2) is 48.5 Å². The molecule has 2 N–H and O–H groups in total. The van der Waals surface area contributed by atoms with Gasteiger partial charge in [-0.25, -0.2) is 0 Å². The number of benzene rings is 2. The topological polar surface area (TPSA) is 102 Å². The lowest BCUT2D eigenvalue weighted by Crippen LogP contribution is -2.50. The molecule has 170 valence electrons. The zero-order valence-electron chi connectivity index (χ0n) is 18.3. The first-order valence-electron chi connectivity index (χ1n) is 11.2. The molecule has 9 heteroatoms. The van der Waals surface area contributed by atoms with Crippen LogP contribution in [0.2, 0.25) is 0 Å². The van der Waals surface area contributed by atoms with E-state index in [1.807, 2.05) is 53.4 Å². The van der Waals surface area contributed by atoms with Crippen molar-refractivity contribution in [3.63, 3.8) is 0 Å². The van der Waals surface area contributed by atoms with Crippen LogP contribution in [0.1, 0.15) is 23.3 Å². The fourth-order valence-corrected chi connectivity index (χ4v) is 4.50. The number of carbonyl (C=O) groups excluding carboxylic acids is 3. The second kappa shape index (κ2) is 9.03. The Bertz CT molecular complexity index is 1200. The van der Waals surface area contributed by atoms with Gasteiger partial charge < -0.3 is 15.1 Å². The third-order valence-corrected chi connectivity index (χ3v) is 6.24. The van der Waals surface area contributed by atoms with Gasteiger partial charge in [-0.1, -0.05) is 30.3 Å². The predicted octanol–water partition coefficient (Wildman–Crippen LogP) is 2.09. The fraction of sp³-hybridized carbons (Fsp3) is 0.333. The summed E-state index contributed by atoms with van der Waals surface area (Å²) in [6.07, 6.45) is 1.37. The van der Waals surface area contributed by atoms with Gasteiger partial charge in [-0.05, 0) is 24.6 Å². The lowest BCUT2D eigenvalue weighted by Gasteiger charge is -2.34. The van der Waals surface area contributed by atoms with E-state index in [4.69, 9.17) is 0 Å². The summed E-state index contributed by atoms with van der Waals surface area (Å²) in [7, 11) is 0. The zero-order chi connectivity index (χ0) is 22.8. The lowest BCUT2D eigenvalue weighted by atomic mass is 10.2. The Labute approximate surface area is 191 Å². The summed E-state index contributed by atoms with van der Waals surface area (Å²) in [5.41, 5.74) is 2.67. The lowest BCUT2D eigenvalue weighted by molar-refractivity contribution is -0.118. The Balaban J connectivity index is 1.17. The molecule has 2 aliphatic rings. The third kappa shape index (κ3) is 4.31. The molecule has 3 aromatic rings. The van der Waals surface area contributed by atoms with Crippen molar-refractivity contribution < 1.29 is 14.4 Å². The van der Waals surface area contributed by atoms with Crippen LogP contribution in [0.4, 0.5) is 11.4 Å². The van der Waals surface area contributed by atoms with E-state index in [1.165, 1.54) is 0 Å². The number of hydrogen-bond donors (Lipinski definition) is 2. The van der Waals surface area contributed by atoms with Crippen LogP contribution in [0.3, 0.4) is 0 Å². The smallest absolute Gasteiger partial charge is 0.275 e. The summed E-state index contributed by atoms with van der Waals surface area (Å²) in [6, 6.07) is 15.0. The molecule has 2 aromatic carbocycles. The quantitative estimate of drug-likeness (QED) is 0.625. The Morgan fingerprint density at radius 2 is 1.73 bits per heavy atom. The molecule has 5 rings (SSSR count). The fourth-order valence-electron chi connectivity index (χ4n) is 4.50. The number of anilines is 2. The van der Waals surface area contributed by atoms with Crippen molar-refractivity contribution in [2.75, 3.05) is 49.5 Å². The van der Waals surface area contributed by atoms with Crippen molar-refractivity contribution in [3.05, 3.63) is 54.2 Å². The molecule has 1 aromatic heterocycles. The van der Waals surface area contributed by atoms with Gasteiger partial charge in [0, 0.05) is 44.5 Å². The van der Waals surface area contributed by atoms with Crippen molar-refractivity contribution in [3.8, 4) is 0 Å². The molecule has 0 atom stereocenters. The minimum atomic E-state index is -0.132. The van der Waals surface area contributed by atoms with E-state index in [0.29, 0.717) is 50.5 Å². The molecule has 0 bridgehead atoms. The Hall–Kier alpha value is -3.72. The highest BCUT2D eigenvalue weighted by atomic mass is 16.2. The molecule has 0 saturated carbocycles. The number of piperazine rings is 1. The molecule has 0 radical (unpaired) electrons. The number of aromatic nitrogens is 2. The molecule has 2 aliphatic heterocycles. The second-order valence-electron chi connectivity index (χ2n) is 8.40. The highest BCUT2D eigenvalue weighted by Gasteiger charge is 2.27. The maximum absolute atomic E-state index is 12.9. The molecule has 0 aliphatic carbocycles. The Morgan fingerprint density at radius 1 is 0.970 bits per heavy atom. The highest BCUT2D eigenvalue weighted by molar-refractivity contribution is 6.05. The van der Waals surface area contributed by atoms with Crippen LogP contribution >= 0.6 is 0 Å². The van der Waals surface area contributed by atoms with Gasteiger partial charge in [0.25, 0.3) is 5.91 Å². The Kier molecular flexibility index (Phi) is 5.78. The first kappa shape index (κ1) is 21.1. The van der Waals surface area contributed by atoms with E-state index in [1.54, 1.807) is 9.80 Å². The molecule has 3 heterocycles. The van der Waals surface area contributed by atoms with Gasteiger partial charge in [-0.2, -0.15) is 5.10 Å². The monoisotopic (exact) mass is 446 g/mol. The van der Waals surface area contributed by atoms with Crippen LogP contribution in [0, 0.1) is 0 Å². The number of carbonyl (C=O) groups is 3. The van der Waals surface area contributed by atoms with E-state index in [0.717, 1.165) is 23.0 Å². The summed E-state index contributed by atoms with van der Waals surface area (Å²) in [6.45, 7) is 3.18. The van der Waals surface area contributed by atoms with Gasteiger partial charge in [-0.15, -0.1) is 0 Å². The van der Waals surface area contributed by atoms with Crippen molar-refractivity contribution in [2.45, 2.75) is 12.8 Å². The summed E-state index contributed by atoms with van der Waals surface area (Å²) in [4.78, 5) is 43.4. The number of H-pyrrole nitrogens is 1. The average Bonchev–Trinajstić information content (AvgIpc) is 3.46. The molecule has 9 nitrogen and oxygen atoms in total. The van der Waals surface area contributed by atoms with Crippen LogP contribution in [-0.2, 0) is 9.59 Å². The van der Waals surface area contributed by atoms with Gasteiger partial charge >= 0.3 is 0 Å². The van der Waals surface area contributed by atoms with Gasteiger partial charge in [0.15, 0.2) is 5.69 Å². The van der Waals surface area contributed by atoms with Gasteiger partial charge in [0.1, 0.15) is 0 Å². The third-order valence-electron chi connectivity index (χ3n) is 6.24. The van der Waals surface area contributed by atoms with Crippen LogP contribution in [0.5, 0.6) is 0 Å². The van der Waals surface area contributed by atoms with Crippen molar-refractivity contribution in [1.82, 2.24) is 20.0 Å². The maximum Gasteiger partial charge on any atom is 0.275 e. The maximum atomic E-state index is 12.9. The van der Waals surface area contributed by atoms with Crippen LogP contribution < -0.4 is 10.2 Å². The standard InChI is InChI=1S/C24H26N6O3/c31-21(25-19-8-3-4-9-20(19)30-11-5-10-22(30)32)16-28-12-14-29(15-13-28)24(33)23-17-6-1-2-7-18(17)26-27-23/h1-4,6-9H,5,10-16H2,(H,25,31)(H,26,27). The van der Waals surface area contributed by atoms with E-state index in [-0.39, 0.29) is 24.3 Å². The normalized spacial score (nSPS) is 17.0.